The van der Waals surface area contributed by atoms with Crippen LogP contribution in [0.2, 0.25) is 20.1 Å². The number of nitrogens with one attached hydrogen (secondary N) is 1. The number of para-hydroxylation sites is 1. The van der Waals surface area contributed by atoms with E-state index >= 15 is 0 Å². The third-order valence-electron chi connectivity index (χ3n) is 4.29. The number of nitrogens with zero attached hydrogens (tertiary/aromatic N) is 1. The van der Waals surface area contributed by atoms with Crippen LogP contribution in [0, 0.1) is 0 Å². The van der Waals surface area contributed by atoms with Crippen LogP contribution in [0.25, 0.3) is 0 Å². The van der Waals surface area contributed by atoms with Gasteiger partial charge in [-0.2, -0.15) is 4.31 Å². The second kappa shape index (κ2) is 10.2. The van der Waals surface area contributed by atoms with Gasteiger partial charge in [-0.3, -0.25) is 4.79 Å². The monoisotopic (exact) mass is 516 g/mol. The molecule has 0 aliphatic carbocycles. The number of benzene rings is 3. The Kier molecular flexibility index (Phi) is 7.86. The van der Waals surface area contributed by atoms with Crippen LogP contribution in [0.15, 0.2) is 71.6 Å². The molecule has 0 heterocycles. The molecule has 0 aliphatic rings. The smallest absolute Gasteiger partial charge is 0.243 e. The van der Waals surface area contributed by atoms with Crippen molar-refractivity contribution in [1.82, 2.24) is 4.31 Å². The van der Waals surface area contributed by atoms with Crippen LogP contribution in [-0.2, 0) is 21.4 Å². The van der Waals surface area contributed by atoms with E-state index in [0.717, 1.165) is 4.31 Å². The molecule has 0 fully saturated rings. The van der Waals surface area contributed by atoms with Gasteiger partial charge in [0.15, 0.2) is 0 Å². The molecule has 3 aromatic rings. The number of amides is 1. The number of hydrogen-bond donors (Lipinski definition) is 1. The average Bonchev–Trinajstić information content (AvgIpc) is 2.73. The number of halogens is 4. The van der Waals surface area contributed by atoms with Gasteiger partial charge in [0.25, 0.3) is 0 Å². The molecule has 3 aromatic carbocycles. The van der Waals surface area contributed by atoms with Crippen LogP contribution >= 0.6 is 46.4 Å². The van der Waals surface area contributed by atoms with Crippen LogP contribution in [0.1, 0.15) is 5.56 Å². The van der Waals surface area contributed by atoms with Crippen LogP contribution in [0.5, 0.6) is 0 Å². The predicted molar refractivity (Wildman–Crippen MR) is 126 cm³/mol. The van der Waals surface area contributed by atoms with Gasteiger partial charge in [-0.05, 0) is 42.0 Å². The van der Waals surface area contributed by atoms with Gasteiger partial charge in [0, 0.05) is 16.6 Å². The number of carbonyl (C=O) groups excluding carboxylic acids is 1. The summed E-state index contributed by atoms with van der Waals surface area (Å²) >= 11 is 24.4. The average molecular weight is 518 g/mol. The Morgan fingerprint density at radius 1 is 0.839 bits per heavy atom. The van der Waals surface area contributed by atoms with Gasteiger partial charge >= 0.3 is 0 Å². The van der Waals surface area contributed by atoms with Gasteiger partial charge in [-0.15, -0.1) is 0 Å². The summed E-state index contributed by atoms with van der Waals surface area (Å²) in [6, 6.07) is 17.3. The highest BCUT2D eigenvalue weighted by atomic mass is 35.5. The summed E-state index contributed by atoms with van der Waals surface area (Å²) in [5.74, 6) is -0.611. The zero-order valence-corrected chi connectivity index (χ0v) is 19.7. The molecule has 162 valence electrons. The minimum absolute atomic E-state index is 0.0451. The second-order valence-electron chi connectivity index (χ2n) is 6.47. The number of carbonyl (C=O) groups is 1. The Morgan fingerprint density at radius 2 is 1.48 bits per heavy atom. The normalized spacial score (nSPS) is 11.5. The van der Waals surface area contributed by atoms with Gasteiger partial charge in [0.05, 0.1) is 27.2 Å². The number of anilines is 1. The van der Waals surface area contributed by atoms with E-state index in [1.165, 1.54) is 18.2 Å². The molecule has 0 atom stereocenters. The zero-order valence-electron chi connectivity index (χ0n) is 15.9. The minimum Gasteiger partial charge on any atom is -0.322 e. The molecule has 1 N–H and O–H groups in total. The molecule has 0 aromatic heterocycles. The maximum atomic E-state index is 13.3. The molecule has 5 nitrogen and oxygen atoms in total. The number of rotatable bonds is 7. The summed E-state index contributed by atoms with van der Waals surface area (Å²) < 4.78 is 27.5. The molecule has 0 bridgehead atoms. The van der Waals surface area contributed by atoms with E-state index in [1.807, 2.05) is 0 Å². The van der Waals surface area contributed by atoms with Crippen molar-refractivity contribution in [2.75, 3.05) is 11.9 Å². The Morgan fingerprint density at radius 3 is 2.10 bits per heavy atom. The van der Waals surface area contributed by atoms with Crippen LogP contribution in [-0.4, -0.2) is 25.2 Å². The van der Waals surface area contributed by atoms with Crippen molar-refractivity contribution in [2.45, 2.75) is 11.4 Å². The highest BCUT2D eigenvalue weighted by molar-refractivity contribution is 7.89. The van der Waals surface area contributed by atoms with E-state index in [-0.39, 0.29) is 32.2 Å². The highest BCUT2D eigenvalue weighted by Gasteiger charge is 2.28. The van der Waals surface area contributed by atoms with E-state index in [4.69, 9.17) is 46.4 Å². The van der Waals surface area contributed by atoms with Gasteiger partial charge in [-0.25, -0.2) is 8.42 Å². The summed E-state index contributed by atoms with van der Waals surface area (Å²) in [5, 5.41) is 3.75. The lowest BCUT2D eigenvalue weighted by Gasteiger charge is -2.23. The molecule has 1 amide bonds. The first kappa shape index (κ1) is 23.9. The fourth-order valence-electron chi connectivity index (χ4n) is 2.76. The SMILES string of the molecule is O=C(CN(Cc1ccc(Cl)cc1Cl)S(=O)(=O)c1ccccc1)Nc1c(Cl)cccc1Cl. The fourth-order valence-corrected chi connectivity index (χ4v) is 5.12. The Labute approximate surface area is 200 Å². The van der Waals surface area contributed by atoms with Gasteiger partial charge < -0.3 is 5.32 Å². The van der Waals surface area contributed by atoms with Gasteiger partial charge in [-0.1, -0.05) is 76.7 Å². The van der Waals surface area contributed by atoms with Crippen molar-refractivity contribution in [1.29, 1.82) is 0 Å². The van der Waals surface area contributed by atoms with Crippen LogP contribution in [0.3, 0.4) is 0 Å². The lowest BCUT2D eigenvalue weighted by atomic mass is 10.2. The van der Waals surface area contributed by atoms with Crippen molar-refractivity contribution in [3.8, 4) is 0 Å². The van der Waals surface area contributed by atoms with E-state index < -0.39 is 22.5 Å². The second-order valence-corrected chi connectivity index (χ2v) is 10.1. The van der Waals surface area contributed by atoms with E-state index in [1.54, 1.807) is 48.5 Å². The van der Waals surface area contributed by atoms with Crippen molar-refractivity contribution in [2.24, 2.45) is 0 Å². The fraction of sp³-hybridized carbons (Fsp3) is 0.0952. The molecule has 0 saturated carbocycles. The first-order valence-corrected chi connectivity index (χ1v) is 11.9. The molecule has 31 heavy (non-hydrogen) atoms. The Balaban J connectivity index is 1.92. The molecule has 0 spiro atoms. The summed E-state index contributed by atoms with van der Waals surface area (Å²) in [4.78, 5) is 12.8. The topological polar surface area (TPSA) is 66.5 Å². The third-order valence-corrected chi connectivity index (χ3v) is 7.31. The maximum Gasteiger partial charge on any atom is 0.243 e. The quantitative estimate of drug-likeness (QED) is 0.410. The largest absolute Gasteiger partial charge is 0.322 e. The molecular formula is C21H16Cl4N2O3S. The number of hydrogen-bond acceptors (Lipinski definition) is 3. The van der Waals surface area contributed by atoms with Crippen molar-refractivity contribution >= 4 is 68.0 Å². The standard InChI is InChI=1S/C21H16Cl4N2O3S/c22-15-10-9-14(19(25)11-15)12-27(31(29,30)16-5-2-1-3-6-16)13-20(28)26-21-17(23)7-4-8-18(21)24/h1-11H,12-13H2,(H,26,28). The molecule has 0 aliphatic heterocycles. The van der Waals surface area contributed by atoms with E-state index in [0.29, 0.717) is 10.6 Å². The maximum absolute atomic E-state index is 13.3. The first-order valence-electron chi connectivity index (χ1n) is 8.91. The summed E-state index contributed by atoms with van der Waals surface area (Å²) in [6.07, 6.45) is 0. The van der Waals surface area contributed by atoms with Gasteiger partial charge in [0.2, 0.25) is 15.9 Å². The van der Waals surface area contributed by atoms with Crippen molar-refractivity contribution < 1.29 is 13.2 Å². The lowest BCUT2D eigenvalue weighted by Crippen LogP contribution is -2.37. The summed E-state index contributed by atoms with van der Waals surface area (Å²) in [7, 11) is -4.02. The zero-order chi connectivity index (χ0) is 22.6. The summed E-state index contributed by atoms with van der Waals surface area (Å²) in [5.41, 5.74) is 0.701. The minimum atomic E-state index is -4.02. The van der Waals surface area contributed by atoms with Gasteiger partial charge in [0.1, 0.15) is 0 Å². The lowest BCUT2D eigenvalue weighted by molar-refractivity contribution is -0.116. The Bertz CT molecular complexity index is 1180. The third kappa shape index (κ3) is 5.92. The van der Waals surface area contributed by atoms with Crippen molar-refractivity contribution in [3.63, 3.8) is 0 Å². The summed E-state index contributed by atoms with van der Waals surface area (Å²) in [6.45, 7) is -0.630. The molecular weight excluding hydrogens is 502 g/mol. The van der Waals surface area contributed by atoms with Crippen LogP contribution in [0.4, 0.5) is 5.69 Å². The first-order chi connectivity index (χ1) is 14.7. The van der Waals surface area contributed by atoms with E-state index in [9.17, 15) is 13.2 Å². The van der Waals surface area contributed by atoms with Crippen LogP contribution < -0.4 is 5.32 Å². The highest BCUT2D eigenvalue weighted by Crippen LogP contribution is 2.30. The van der Waals surface area contributed by atoms with Crippen molar-refractivity contribution in [3.05, 3.63) is 92.4 Å². The molecule has 0 unspecified atom stereocenters. The van der Waals surface area contributed by atoms with E-state index in [2.05, 4.69) is 5.32 Å². The molecule has 0 saturated heterocycles. The Hall–Kier alpha value is -1.80. The predicted octanol–water partition coefficient (Wildman–Crippen LogP) is 6.13. The molecule has 0 radical (unpaired) electrons. The number of sulfonamides is 1. The molecule has 10 heteroatoms. The molecule has 3 rings (SSSR count).